The summed E-state index contributed by atoms with van der Waals surface area (Å²) in [6.07, 6.45) is 1.94. The minimum Gasteiger partial charge on any atom is -0.452 e. The topological polar surface area (TPSA) is 80.8 Å². The molecular formula is C23H23ClFNO5S. The first kappa shape index (κ1) is 23.9. The first-order valence-electron chi connectivity index (χ1n) is 10.1. The summed E-state index contributed by atoms with van der Waals surface area (Å²) in [4.78, 5) is 26.9. The number of nitrogens with zero attached hydrogens (tertiary/aromatic N) is 1. The van der Waals surface area contributed by atoms with Crippen molar-refractivity contribution in [2.75, 3.05) is 24.7 Å². The van der Waals surface area contributed by atoms with Crippen molar-refractivity contribution < 1.29 is 27.1 Å². The largest absolute Gasteiger partial charge is 0.452 e. The van der Waals surface area contributed by atoms with Gasteiger partial charge in [0.05, 0.1) is 17.1 Å². The van der Waals surface area contributed by atoms with Crippen LogP contribution in [0.1, 0.15) is 24.5 Å². The van der Waals surface area contributed by atoms with Gasteiger partial charge >= 0.3 is 5.97 Å². The number of hydrogen-bond donors (Lipinski definition) is 0. The summed E-state index contributed by atoms with van der Waals surface area (Å²) < 4.78 is 42.1. The summed E-state index contributed by atoms with van der Waals surface area (Å²) in [5.41, 5.74) is 1.24. The van der Waals surface area contributed by atoms with E-state index in [0.29, 0.717) is 29.1 Å². The van der Waals surface area contributed by atoms with Gasteiger partial charge in [-0.25, -0.2) is 17.6 Å². The lowest BCUT2D eigenvalue weighted by molar-refractivity contribution is -0.148. The van der Waals surface area contributed by atoms with E-state index in [0.717, 1.165) is 0 Å². The zero-order chi connectivity index (χ0) is 23.3. The van der Waals surface area contributed by atoms with Gasteiger partial charge in [0.15, 0.2) is 16.4 Å². The molecule has 1 aliphatic heterocycles. The third-order valence-corrected chi connectivity index (χ3v) is 7.20. The summed E-state index contributed by atoms with van der Waals surface area (Å²) in [7, 11) is -3.16. The fourth-order valence-electron chi connectivity index (χ4n) is 3.56. The number of amides is 1. The number of benzene rings is 2. The molecule has 170 valence electrons. The summed E-state index contributed by atoms with van der Waals surface area (Å²) in [5.74, 6) is -1.71. The molecule has 9 heteroatoms. The third-order valence-electron chi connectivity index (χ3n) is 5.19. The number of likely N-dealkylation sites (N-methyl/N-ethyl adjacent to an activating group) is 1. The molecule has 0 radical (unpaired) electrons. The van der Waals surface area contributed by atoms with Crippen LogP contribution in [0.2, 0.25) is 5.02 Å². The predicted molar refractivity (Wildman–Crippen MR) is 121 cm³/mol. The highest BCUT2D eigenvalue weighted by atomic mass is 35.5. The number of sulfone groups is 1. The zero-order valence-corrected chi connectivity index (χ0v) is 19.0. The van der Waals surface area contributed by atoms with E-state index < -0.39 is 40.2 Å². The molecule has 2 aromatic rings. The van der Waals surface area contributed by atoms with Crippen LogP contribution in [0.4, 0.5) is 4.39 Å². The second-order valence-corrected chi connectivity index (χ2v) is 10.1. The number of rotatable bonds is 7. The van der Waals surface area contributed by atoms with Crippen LogP contribution in [-0.4, -0.2) is 55.9 Å². The maximum Gasteiger partial charge on any atom is 0.339 e. The first-order valence-corrected chi connectivity index (χ1v) is 12.3. The standard InChI is InChI=1S/C23H23ClFNO5S/c1-2-26(20-11-12-32(29,30)15-20)22(27)14-31-23(28)21(17-5-9-19(25)10-6-17)13-16-3-7-18(24)8-4-16/h3-10,13,20H,2,11-12,14-15H2,1H3. The van der Waals surface area contributed by atoms with Gasteiger partial charge < -0.3 is 9.64 Å². The Morgan fingerprint density at radius 3 is 2.38 bits per heavy atom. The molecule has 1 amide bonds. The number of carbonyl (C=O) groups excluding carboxylic acids is 2. The van der Waals surface area contributed by atoms with E-state index in [1.807, 2.05) is 0 Å². The molecular weight excluding hydrogens is 457 g/mol. The van der Waals surface area contributed by atoms with Crippen molar-refractivity contribution in [2.24, 2.45) is 0 Å². The van der Waals surface area contributed by atoms with Crippen LogP contribution in [0.3, 0.4) is 0 Å². The molecule has 3 rings (SSSR count). The average molecular weight is 480 g/mol. The SMILES string of the molecule is CCN(C(=O)COC(=O)C(=Cc1ccc(Cl)cc1)c1ccc(F)cc1)C1CCS(=O)(=O)C1. The lowest BCUT2D eigenvalue weighted by atomic mass is 10.0. The van der Waals surface area contributed by atoms with E-state index in [1.54, 1.807) is 37.3 Å². The molecule has 0 N–H and O–H groups in total. The van der Waals surface area contributed by atoms with Crippen molar-refractivity contribution >= 4 is 45.0 Å². The van der Waals surface area contributed by atoms with E-state index in [9.17, 15) is 22.4 Å². The second kappa shape index (κ2) is 10.3. The van der Waals surface area contributed by atoms with Crippen molar-refractivity contribution in [3.63, 3.8) is 0 Å². The van der Waals surface area contributed by atoms with E-state index >= 15 is 0 Å². The van der Waals surface area contributed by atoms with E-state index in [4.69, 9.17) is 16.3 Å². The molecule has 6 nitrogen and oxygen atoms in total. The zero-order valence-electron chi connectivity index (χ0n) is 17.5. The lowest BCUT2D eigenvalue weighted by Crippen LogP contribution is -2.43. The Morgan fingerprint density at radius 2 is 1.81 bits per heavy atom. The lowest BCUT2D eigenvalue weighted by Gasteiger charge is -2.26. The number of hydrogen-bond acceptors (Lipinski definition) is 5. The summed E-state index contributed by atoms with van der Waals surface area (Å²) in [6.45, 7) is 1.53. The third kappa shape index (κ3) is 6.17. The van der Waals surface area contributed by atoms with Gasteiger partial charge in [-0.2, -0.15) is 0 Å². The van der Waals surface area contributed by atoms with Gasteiger partial charge in [0, 0.05) is 17.6 Å². The Balaban J connectivity index is 1.77. The minimum absolute atomic E-state index is 0.0414. The van der Waals surface area contributed by atoms with Crippen molar-refractivity contribution in [1.82, 2.24) is 4.90 Å². The van der Waals surface area contributed by atoms with Gasteiger partial charge in [-0.1, -0.05) is 35.9 Å². The molecule has 1 aliphatic rings. The van der Waals surface area contributed by atoms with Crippen LogP contribution >= 0.6 is 11.6 Å². The quantitative estimate of drug-likeness (QED) is 0.344. The van der Waals surface area contributed by atoms with Crippen molar-refractivity contribution in [3.05, 3.63) is 70.5 Å². The average Bonchev–Trinajstić information content (AvgIpc) is 3.12. The Hall–Kier alpha value is -2.71. The van der Waals surface area contributed by atoms with Gasteiger partial charge in [0.1, 0.15) is 5.82 Å². The first-order chi connectivity index (χ1) is 15.2. The Bertz CT molecular complexity index is 1110. The van der Waals surface area contributed by atoms with E-state index in [2.05, 4.69) is 0 Å². The summed E-state index contributed by atoms with van der Waals surface area (Å²) >= 11 is 5.91. The highest BCUT2D eigenvalue weighted by Gasteiger charge is 2.34. The smallest absolute Gasteiger partial charge is 0.339 e. The predicted octanol–water partition coefficient (Wildman–Crippen LogP) is 3.60. The van der Waals surface area contributed by atoms with Crippen molar-refractivity contribution in [2.45, 2.75) is 19.4 Å². The molecule has 0 aliphatic carbocycles. The second-order valence-electron chi connectivity index (χ2n) is 7.43. The molecule has 1 unspecified atom stereocenters. The monoisotopic (exact) mass is 479 g/mol. The molecule has 0 spiro atoms. The summed E-state index contributed by atoms with van der Waals surface area (Å²) in [6, 6.07) is 11.7. The maximum absolute atomic E-state index is 13.4. The molecule has 1 saturated heterocycles. The van der Waals surface area contributed by atoms with Gasteiger partial charge in [-0.05, 0) is 54.8 Å². The molecule has 0 saturated carbocycles. The Kier molecular flexibility index (Phi) is 7.69. The van der Waals surface area contributed by atoms with Gasteiger partial charge in [-0.15, -0.1) is 0 Å². The van der Waals surface area contributed by atoms with Crippen LogP contribution in [-0.2, 0) is 24.2 Å². The van der Waals surface area contributed by atoms with Gasteiger partial charge in [0.25, 0.3) is 5.91 Å². The van der Waals surface area contributed by atoms with Crippen LogP contribution in [0.25, 0.3) is 11.6 Å². The number of carbonyl (C=O) groups is 2. The Morgan fingerprint density at radius 1 is 1.16 bits per heavy atom. The molecule has 2 aromatic carbocycles. The maximum atomic E-state index is 13.4. The van der Waals surface area contributed by atoms with Crippen LogP contribution in [0.5, 0.6) is 0 Å². The van der Waals surface area contributed by atoms with Crippen molar-refractivity contribution in [1.29, 1.82) is 0 Å². The van der Waals surface area contributed by atoms with Crippen LogP contribution in [0.15, 0.2) is 48.5 Å². The molecule has 32 heavy (non-hydrogen) atoms. The van der Waals surface area contributed by atoms with Gasteiger partial charge in [0.2, 0.25) is 0 Å². The molecule has 0 aromatic heterocycles. The number of halogens is 2. The van der Waals surface area contributed by atoms with Crippen LogP contribution in [0, 0.1) is 5.82 Å². The highest BCUT2D eigenvalue weighted by molar-refractivity contribution is 7.91. The molecule has 1 atom stereocenters. The van der Waals surface area contributed by atoms with E-state index in [-0.39, 0.29) is 17.1 Å². The van der Waals surface area contributed by atoms with Crippen LogP contribution < -0.4 is 0 Å². The molecule has 1 fully saturated rings. The molecule has 1 heterocycles. The normalized spacial score (nSPS) is 17.7. The number of ether oxygens (including phenoxy) is 1. The molecule has 0 bridgehead atoms. The Labute approximate surface area is 191 Å². The number of esters is 1. The van der Waals surface area contributed by atoms with Crippen molar-refractivity contribution in [3.8, 4) is 0 Å². The van der Waals surface area contributed by atoms with E-state index in [1.165, 1.54) is 29.2 Å². The fourth-order valence-corrected chi connectivity index (χ4v) is 5.42. The van der Waals surface area contributed by atoms with Gasteiger partial charge in [-0.3, -0.25) is 4.79 Å². The minimum atomic E-state index is -3.16. The fraction of sp³-hybridized carbons (Fsp3) is 0.304. The summed E-state index contributed by atoms with van der Waals surface area (Å²) in [5, 5.41) is 0.534. The highest BCUT2D eigenvalue weighted by Crippen LogP contribution is 2.22.